The highest BCUT2D eigenvalue weighted by Crippen LogP contribution is 2.26. The van der Waals surface area contributed by atoms with Gasteiger partial charge in [-0.25, -0.2) is 4.79 Å². The standard InChI is InChI=1S/C15H23NO3/c1-10-8-13(19-14(10)15(17)18)9-16-11(2)12-6-4-3-5-7-12/h8,11-12,16H,3-7,9H2,1-2H3,(H,17,18)/t11-/m1/s1. The lowest BCUT2D eigenvalue weighted by Gasteiger charge is -2.28. The predicted molar refractivity (Wildman–Crippen MR) is 73.3 cm³/mol. The molecule has 1 fully saturated rings. The van der Waals surface area contributed by atoms with Gasteiger partial charge in [-0.3, -0.25) is 0 Å². The summed E-state index contributed by atoms with van der Waals surface area (Å²) in [6.07, 6.45) is 6.62. The van der Waals surface area contributed by atoms with E-state index in [2.05, 4.69) is 12.2 Å². The molecule has 0 unspecified atom stereocenters. The van der Waals surface area contributed by atoms with Gasteiger partial charge in [0.25, 0.3) is 0 Å². The van der Waals surface area contributed by atoms with Crippen molar-refractivity contribution in [2.24, 2.45) is 5.92 Å². The second-order valence-corrected chi connectivity index (χ2v) is 5.60. The number of furan rings is 1. The Balaban J connectivity index is 1.87. The minimum atomic E-state index is -0.996. The smallest absolute Gasteiger partial charge is 0.372 e. The topological polar surface area (TPSA) is 62.5 Å². The molecule has 0 bridgehead atoms. The molecule has 0 aromatic carbocycles. The van der Waals surface area contributed by atoms with Gasteiger partial charge in [-0.05, 0) is 38.7 Å². The third-order valence-electron chi connectivity index (χ3n) is 4.12. The second kappa shape index (κ2) is 6.24. The monoisotopic (exact) mass is 265 g/mol. The van der Waals surface area contributed by atoms with Gasteiger partial charge in [-0.15, -0.1) is 0 Å². The van der Waals surface area contributed by atoms with Crippen molar-refractivity contribution < 1.29 is 14.3 Å². The van der Waals surface area contributed by atoms with Crippen LogP contribution >= 0.6 is 0 Å². The summed E-state index contributed by atoms with van der Waals surface area (Å²) in [6.45, 7) is 4.58. The van der Waals surface area contributed by atoms with Crippen molar-refractivity contribution in [3.05, 3.63) is 23.2 Å². The van der Waals surface area contributed by atoms with Crippen LogP contribution in [0.2, 0.25) is 0 Å². The Hall–Kier alpha value is -1.29. The molecule has 0 amide bonds. The van der Waals surface area contributed by atoms with Gasteiger partial charge in [-0.1, -0.05) is 19.3 Å². The van der Waals surface area contributed by atoms with E-state index in [1.54, 1.807) is 6.92 Å². The van der Waals surface area contributed by atoms with Gasteiger partial charge in [-0.2, -0.15) is 0 Å². The Labute approximate surface area is 114 Å². The van der Waals surface area contributed by atoms with E-state index in [-0.39, 0.29) is 5.76 Å². The third-order valence-corrected chi connectivity index (χ3v) is 4.12. The summed E-state index contributed by atoms with van der Waals surface area (Å²) in [7, 11) is 0. The van der Waals surface area contributed by atoms with E-state index >= 15 is 0 Å². The Kier molecular flexibility index (Phi) is 4.64. The number of carboxylic acids is 1. The lowest BCUT2D eigenvalue weighted by molar-refractivity contribution is 0.0659. The SMILES string of the molecule is Cc1cc(CN[C@H](C)C2CCCCC2)oc1C(=O)O. The first-order valence-corrected chi connectivity index (χ1v) is 7.14. The Morgan fingerprint density at radius 1 is 1.47 bits per heavy atom. The van der Waals surface area contributed by atoms with E-state index in [1.165, 1.54) is 32.1 Å². The molecule has 2 rings (SSSR count). The summed E-state index contributed by atoms with van der Waals surface area (Å²) >= 11 is 0. The minimum Gasteiger partial charge on any atom is -0.475 e. The van der Waals surface area contributed by atoms with E-state index in [4.69, 9.17) is 9.52 Å². The average molecular weight is 265 g/mol. The van der Waals surface area contributed by atoms with Crippen LogP contribution in [-0.2, 0) is 6.54 Å². The van der Waals surface area contributed by atoms with Crippen LogP contribution in [0, 0.1) is 12.8 Å². The van der Waals surface area contributed by atoms with E-state index in [1.807, 2.05) is 6.07 Å². The minimum absolute atomic E-state index is 0.0575. The highest BCUT2D eigenvalue weighted by molar-refractivity contribution is 5.86. The quantitative estimate of drug-likeness (QED) is 0.857. The number of carboxylic acid groups (broad SMARTS) is 1. The molecule has 1 aliphatic rings. The fourth-order valence-electron chi connectivity index (χ4n) is 2.91. The van der Waals surface area contributed by atoms with Gasteiger partial charge < -0.3 is 14.8 Å². The lowest BCUT2D eigenvalue weighted by atomic mass is 9.84. The summed E-state index contributed by atoms with van der Waals surface area (Å²) in [6, 6.07) is 2.27. The van der Waals surface area contributed by atoms with E-state index in [9.17, 15) is 4.79 Å². The van der Waals surface area contributed by atoms with E-state index in [0.29, 0.717) is 23.9 Å². The summed E-state index contributed by atoms with van der Waals surface area (Å²) in [4.78, 5) is 10.9. The van der Waals surface area contributed by atoms with Crippen molar-refractivity contribution in [2.75, 3.05) is 0 Å². The van der Waals surface area contributed by atoms with Crippen molar-refractivity contribution in [3.8, 4) is 0 Å². The Morgan fingerprint density at radius 2 is 2.16 bits per heavy atom. The molecule has 1 aromatic heterocycles. The molecule has 0 spiro atoms. The van der Waals surface area contributed by atoms with Crippen LogP contribution in [0.15, 0.2) is 10.5 Å². The van der Waals surface area contributed by atoms with Crippen molar-refractivity contribution in [1.82, 2.24) is 5.32 Å². The first-order valence-electron chi connectivity index (χ1n) is 7.14. The van der Waals surface area contributed by atoms with Crippen LogP contribution < -0.4 is 5.32 Å². The number of hydrogen-bond acceptors (Lipinski definition) is 3. The fourth-order valence-corrected chi connectivity index (χ4v) is 2.91. The predicted octanol–water partition coefficient (Wildman–Crippen LogP) is 3.34. The second-order valence-electron chi connectivity index (χ2n) is 5.60. The molecular weight excluding hydrogens is 242 g/mol. The molecule has 1 aliphatic carbocycles. The molecule has 4 heteroatoms. The zero-order valence-electron chi connectivity index (χ0n) is 11.7. The molecule has 0 saturated heterocycles. The zero-order chi connectivity index (χ0) is 13.8. The maximum Gasteiger partial charge on any atom is 0.372 e. The highest BCUT2D eigenvalue weighted by Gasteiger charge is 2.20. The third kappa shape index (κ3) is 3.60. The van der Waals surface area contributed by atoms with Crippen LogP contribution in [0.4, 0.5) is 0 Å². The zero-order valence-corrected chi connectivity index (χ0v) is 11.7. The molecule has 1 saturated carbocycles. The molecule has 4 nitrogen and oxygen atoms in total. The van der Waals surface area contributed by atoms with Gasteiger partial charge in [0.1, 0.15) is 5.76 Å². The molecule has 19 heavy (non-hydrogen) atoms. The summed E-state index contributed by atoms with van der Waals surface area (Å²) in [5.74, 6) is 0.507. The van der Waals surface area contributed by atoms with Crippen LogP contribution in [0.25, 0.3) is 0 Å². The molecule has 0 aliphatic heterocycles. The molecule has 106 valence electrons. The summed E-state index contributed by atoms with van der Waals surface area (Å²) in [5, 5.41) is 12.4. The Morgan fingerprint density at radius 3 is 2.74 bits per heavy atom. The van der Waals surface area contributed by atoms with Gasteiger partial charge in [0.05, 0.1) is 6.54 Å². The van der Waals surface area contributed by atoms with Crippen molar-refractivity contribution in [1.29, 1.82) is 0 Å². The maximum absolute atomic E-state index is 10.9. The number of rotatable bonds is 5. The molecular formula is C15H23NO3. The number of hydrogen-bond donors (Lipinski definition) is 2. The van der Waals surface area contributed by atoms with Crippen molar-refractivity contribution in [3.63, 3.8) is 0 Å². The summed E-state index contributed by atoms with van der Waals surface area (Å²) in [5.41, 5.74) is 0.689. The number of aryl methyl sites for hydroxylation is 1. The van der Waals surface area contributed by atoms with Crippen LogP contribution in [0.5, 0.6) is 0 Å². The van der Waals surface area contributed by atoms with Crippen LogP contribution in [0.3, 0.4) is 0 Å². The van der Waals surface area contributed by atoms with Gasteiger partial charge in [0.2, 0.25) is 5.76 Å². The number of nitrogens with one attached hydrogen (secondary N) is 1. The van der Waals surface area contributed by atoms with E-state index < -0.39 is 5.97 Å². The molecule has 2 N–H and O–H groups in total. The highest BCUT2D eigenvalue weighted by atomic mass is 16.4. The number of carbonyl (C=O) groups is 1. The molecule has 1 heterocycles. The van der Waals surface area contributed by atoms with Crippen LogP contribution in [-0.4, -0.2) is 17.1 Å². The normalized spacial score (nSPS) is 18.4. The first kappa shape index (κ1) is 14.1. The van der Waals surface area contributed by atoms with Crippen molar-refractivity contribution >= 4 is 5.97 Å². The molecule has 0 radical (unpaired) electrons. The van der Waals surface area contributed by atoms with Gasteiger partial charge >= 0.3 is 5.97 Å². The lowest BCUT2D eigenvalue weighted by Crippen LogP contribution is -2.34. The largest absolute Gasteiger partial charge is 0.475 e. The van der Waals surface area contributed by atoms with Gasteiger partial charge in [0.15, 0.2) is 0 Å². The van der Waals surface area contributed by atoms with Gasteiger partial charge in [0, 0.05) is 11.6 Å². The fraction of sp³-hybridized carbons (Fsp3) is 0.667. The molecule has 1 atom stereocenters. The first-order chi connectivity index (χ1) is 9.08. The van der Waals surface area contributed by atoms with E-state index in [0.717, 1.165) is 5.92 Å². The number of aromatic carboxylic acids is 1. The molecule has 1 aromatic rings. The summed E-state index contributed by atoms with van der Waals surface area (Å²) < 4.78 is 5.35. The van der Waals surface area contributed by atoms with Crippen molar-refractivity contribution in [2.45, 2.75) is 58.5 Å². The Bertz CT molecular complexity index is 433. The van der Waals surface area contributed by atoms with Crippen LogP contribution in [0.1, 0.15) is 60.9 Å². The maximum atomic E-state index is 10.9. The average Bonchev–Trinajstić information content (AvgIpc) is 2.78.